The van der Waals surface area contributed by atoms with Crippen molar-refractivity contribution in [3.63, 3.8) is 0 Å². The molecule has 164 valence electrons. The van der Waals surface area contributed by atoms with E-state index in [4.69, 9.17) is 5.73 Å². The van der Waals surface area contributed by atoms with Gasteiger partial charge in [0, 0.05) is 23.1 Å². The number of halogens is 2. The van der Waals surface area contributed by atoms with Crippen LogP contribution < -0.4 is 16.6 Å². The fourth-order valence-corrected chi connectivity index (χ4v) is 3.05. The predicted molar refractivity (Wildman–Crippen MR) is 120 cm³/mol. The Balaban J connectivity index is 1.94. The van der Waals surface area contributed by atoms with Gasteiger partial charge in [-0.1, -0.05) is 18.7 Å². The molecule has 2 aromatic carbocycles. The van der Waals surface area contributed by atoms with Crippen molar-refractivity contribution in [1.29, 1.82) is 0 Å². The minimum absolute atomic E-state index is 0.0920. The highest BCUT2D eigenvalue weighted by Crippen LogP contribution is 2.37. The first-order valence-corrected chi connectivity index (χ1v) is 9.53. The zero-order chi connectivity index (χ0) is 23.3. The molecule has 0 radical (unpaired) electrons. The number of hydrazine groups is 1. The van der Waals surface area contributed by atoms with Crippen LogP contribution in [0.4, 0.5) is 8.78 Å². The normalized spacial score (nSPS) is 14.0. The molecule has 1 amide bonds. The van der Waals surface area contributed by atoms with Gasteiger partial charge in [0.2, 0.25) is 0 Å². The number of thiocarbonyl (C=S) groups is 1. The van der Waals surface area contributed by atoms with E-state index >= 15 is 0 Å². The molecule has 0 saturated carbocycles. The van der Waals surface area contributed by atoms with Gasteiger partial charge in [-0.15, -0.1) is 5.10 Å². The maximum atomic E-state index is 14.7. The number of carbonyl (C=O) groups excluding carboxylic acids is 1. The van der Waals surface area contributed by atoms with E-state index in [1.54, 1.807) is 0 Å². The summed E-state index contributed by atoms with van der Waals surface area (Å²) < 4.78 is 28.2. The van der Waals surface area contributed by atoms with Crippen LogP contribution in [0.1, 0.15) is 21.5 Å². The third-order valence-electron chi connectivity index (χ3n) is 4.58. The highest BCUT2D eigenvalue weighted by Gasteiger charge is 2.38. The van der Waals surface area contributed by atoms with Crippen molar-refractivity contribution in [2.24, 2.45) is 15.8 Å². The van der Waals surface area contributed by atoms with Gasteiger partial charge in [0.05, 0.1) is 12.7 Å². The first-order valence-electron chi connectivity index (χ1n) is 9.12. The van der Waals surface area contributed by atoms with Crippen molar-refractivity contribution in [2.75, 3.05) is 6.54 Å². The molecule has 0 spiro atoms. The van der Waals surface area contributed by atoms with Crippen molar-refractivity contribution in [3.05, 3.63) is 83.6 Å². The predicted octanol–water partition coefficient (Wildman–Crippen LogP) is 1.79. The van der Waals surface area contributed by atoms with Gasteiger partial charge in [0.25, 0.3) is 5.91 Å². The number of nitrogens with one attached hydrogen (secondary N) is 2. The minimum Gasteiger partial charge on any atom is -0.378 e. The number of hydrogen-bond donors (Lipinski definition) is 4. The summed E-state index contributed by atoms with van der Waals surface area (Å²) in [5.41, 5.74) is 8.44. The molecular formula is C21H18F2N6O2S. The van der Waals surface area contributed by atoms with Gasteiger partial charge < -0.3 is 10.8 Å². The average Bonchev–Trinajstić information content (AvgIpc) is 2.77. The van der Waals surface area contributed by atoms with E-state index in [1.807, 2.05) is 0 Å². The van der Waals surface area contributed by atoms with Crippen LogP contribution in [0.5, 0.6) is 0 Å². The zero-order valence-electron chi connectivity index (χ0n) is 16.5. The second-order valence-electron chi connectivity index (χ2n) is 6.70. The molecule has 0 aliphatic carbocycles. The number of amides is 1. The summed E-state index contributed by atoms with van der Waals surface area (Å²) in [6.07, 6.45) is 2.64. The molecule has 1 aliphatic rings. The summed E-state index contributed by atoms with van der Waals surface area (Å²) in [4.78, 5) is 16.0. The minimum atomic E-state index is -2.02. The Morgan fingerprint density at radius 2 is 1.91 bits per heavy atom. The van der Waals surface area contributed by atoms with Crippen LogP contribution in [0.2, 0.25) is 0 Å². The molecule has 1 unspecified atom stereocenters. The molecule has 1 atom stereocenters. The van der Waals surface area contributed by atoms with Gasteiger partial charge >= 0.3 is 0 Å². The molecule has 0 bridgehead atoms. The monoisotopic (exact) mass is 456 g/mol. The number of nitrogens with two attached hydrogens (primary N) is 1. The number of benzene rings is 2. The van der Waals surface area contributed by atoms with Crippen molar-refractivity contribution in [3.8, 4) is 0 Å². The molecule has 0 saturated heterocycles. The fraction of sp³-hybridized carbons (Fsp3) is 0.0952. The summed E-state index contributed by atoms with van der Waals surface area (Å²) in [6.45, 7) is 3.66. The molecule has 5 N–H and O–H groups in total. The van der Waals surface area contributed by atoms with Gasteiger partial charge in [-0.2, -0.15) is 0 Å². The fourth-order valence-electron chi connectivity index (χ4n) is 3.00. The Morgan fingerprint density at radius 1 is 1.22 bits per heavy atom. The molecule has 3 rings (SSSR count). The lowest BCUT2D eigenvalue weighted by Gasteiger charge is -2.34. The third kappa shape index (κ3) is 5.03. The van der Waals surface area contributed by atoms with E-state index in [2.05, 4.69) is 45.6 Å². The van der Waals surface area contributed by atoms with Crippen LogP contribution in [0.15, 0.2) is 65.3 Å². The lowest BCUT2D eigenvalue weighted by atomic mass is 9.82. The third-order valence-corrected chi connectivity index (χ3v) is 4.68. The number of β-amino-alcohol motifs (C(OH)–C–C–N with tert-alkyl or cyclic N) is 1. The average molecular weight is 456 g/mol. The Bertz CT molecular complexity index is 1160. The molecule has 0 aromatic heterocycles. The van der Waals surface area contributed by atoms with Gasteiger partial charge in [-0.25, -0.2) is 18.8 Å². The topological polar surface area (TPSA) is 115 Å². The molecular weight excluding hydrogens is 438 g/mol. The number of aliphatic hydroxyl groups is 1. The van der Waals surface area contributed by atoms with E-state index in [0.29, 0.717) is 11.6 Å². The first kappa shape index (κ1) is 22.8. The van der Waals surface area contributed by atoms with Gasteiger partial charge in [-0.3, -0.25) is 15.6 Å². The van der Waals surface area contributed by atoms with Crippen molar-refractivity contribution in [2.45, 2.75) is 5.60 Å². The Hall–Kier alpha value is -3.92. The first-order chi connectivity index (χ1) is 15.2. The summed E-state index contributed by atoms with van der Waals surface area (Å²) in [7, 11) is 0. The van der Waals surface area contributed by atoms with Gasteiger partial charge in [0.15, 0.2) is 5.11 Å². The number of carbonyl (C=O) groups is 1. The summed E-state index contributed by atoms with van der Waals surface area (Å²) in [6, 6.07) is 8.84. The van der Waals surface area contributed by atoms with Crippen LogP contribution in [-0.2, 0) is 5.60 Å². The number of nitrogens with zero attached hydrogens (tertiary/aromatic N) is 3. The van der Waals surface area contributed by atoms with E-state index in [-0.39, 0.29) is 28.4 Å². The molecule has 8 nitrogen and oxygen atoms in total. The smallest absolute Gasteiger partial charge is 0.269 e. The molecule has 1 heterocycles. The lowest BCUT2D eigenvalue weighted by molar-refractivity contribution is 0.0725. The van der Waals surface area contributed by atoms with E-state index < -0.39 is 23.1 Å². The highest BCUT2D eigenvalue weighted by atomic mass is 32.1. The van der Waals surface area contributed by atoms with Gasteiger partial charge in [0.1, 0.15) is 23.6 Å². The van der Waals surface area contributed by atoms with Crippen LogP contribution in [-0.4, -0.2) is 39.9 Å². The number of aliphatic imine (C=N–C) groups is 1. The summed E-state index contributed by atoms with van der Waals surface area (Å²) in [5, 5.41) is 16.7. The number of rotatable bonds is 6. The van der Waals surface area contributed by atoms with E-state index in [0.717, 1.165) is 12.1 Å². The van der Waals surface area contributed by atoms with Crippen LogP contribution in [0.3, 0.4) is 0 Å². The standard InChI is InChI=1S/C21H18F2N6O2S/c1-13(14-2-4-15(5-3-14)19(30)27-28-20(24)32)21(31,11-29-12-25-8-9-26-29)17-7-6-16(22)10-18(17)23/h2-8,10,12,31H,1,11H2,(H,27,30)(H3,24,28,32). The van der Waals surface area contributed by atoms with Crippen LogP contribution in [0, 0.1) is 11.6 Å². The highest BCUT2D eigenvalue weighted by molar-refractivity contribution is 7.80. The lowest BCUT2D eigenvalue weighted by Crippen LogP contribution is -2.44. The maximum absolute atomic E-state index is 14.7. The molecule has 1 aliphatic heterocycles. The Morgan fingerprint density at radius 3 is 2.50 bits per heavy atom. The summed E-state index contributed by atoms with van der Waals surface area (Å²) >= 11 is 4.62. The van der Waals surface area contributed by atoms with Crippen LogP contribution in [0.25, 0.3) is 5.57 Å². The van der Waals surface area contributed by atoms with Gasteiger partial charge in [-0.05, 0) is 47.6 Å². The van der Waals surface area contributed by atoms with E-state index in [9.17, 15) is 18.7 Å². The zero-order valence-corrected chi connectivity index (χ0v) is 17.4. The number of hydrogen-bond acceptors (Lipinski definition) is 6. The Kier molecular flexibility index (Phi) is 6.74. The molecule has 2 aromatic rings. The molecule has 0 fully saturated rings. The maximum Gasteiger partial charge on any atom is 0.269 e. The second kappa shape index (κ2) is 9.48. The summed E-state index contributed by atoms with van der Waals surface area (Å²) in [5.74, 6) is 0.269. The SMILES string of the molecule is C=C(c1ccc(C(=O)NNC(N)=S)cc1)C(O)(CN1C=NC=C=N1)c1ccc(F)cc1F. The molecule has 11 heteroatoms. The second-order valence-corrected chi connectivity index (χ2v) is 7.14. The quantitative estimate of drug-likeness (QED) is 0.389. The van der Waals surface area contributed by atoms with Crippen molar-refractivity contribution >= 4 is 41.0 Å². The van der Waals surface area contributed by atoms with Crippen molar-refractivity contribution < 1.29 is 18.7 Å². The number of hydrazone groups is 1. The van der Waals surface area contributed by atoms with Crippen LogP contribution >= 0.6 is 12.2 Å². The van der Waals surface area contributed by atoms with Crippen molar-refractivity contribution in [1.82, 2.24) is 15.9 Å². The Labute approximate surface area is 187 Å². The molecule has 32 heavy (non-hydrogen) atoms. The van der Waals surface area contributed by atoms with E-state index in [1.165, 1.54) is 41.8 Å². The largest absolute Gasteiger partial charge is 0.378 e.